The lowest BCUT2D eigenvalue weighted by molar-refractivity contribution is 0.475. The molecular weight excluding hydrogens is 312 g/mol. The number of rotatable bonds is 11. The van der Waals surface area contributed by atoms with Gasteiger partial charge >= 0.3 is 0 Å². The second-order valence-electron chi connectivity index (χ2n) is 6.39. The van der Waals surface area contributed by atoms with Crippen molar-refractivity contribution in [3.63, 3.8) is 0 Å². The Morgan fingerprint density at radius 3 is 1.75 bits per heavy atom. The molecular formula is C22H30OS. The Bertz CT molecular complexity index is 560. The van der Waals surface area contributed by atoms with E-state index in [0.717, 1.165) is 5.56 Å². The summed E-state index contributed by atoms with van der Waals surface area (Å²) in [5.74, 6) is 1.53. The number of benzene rings is 2. The molecule has 0 fully saturated rings. The van der Waals surface area contributed by atoms with Crippen molar-refractivity contribution < 1.29 is 5.11 Å². The molecule has 1 nitrogen and oxygen atoms in total. The summed E-state index contributed by atoms with van der Waals surface area (Å²) in [6, 6.07) is 16.1. The molecule has 0 aliphatic carbocycles. The number of phenolic OH excluding ortho intramolecular Hbond substituents is 1. The smallest absolute Gasteiger partial charge is 0.115 e. The van der Waals surface area contributed by atoms with Gasteiger partial charge in [0.1, 0.15) is 5.75 Å². The van der Waals surface area contributed by atoms with E-state index in [1.165, 1.54) is 67.6 Å². The van der Waals surface area contributed by atoms with E-state index in [1.807, 2.05) is 23.9 Å². The molecule has 1 N–H and O–H groups in total. The van der Waals surface area contributed by atoms with Gasteiger partial charge in [0.2, 0.25) is 0 Å². The van der Waals surface area contributed by atoms with Crippen molar-refractivity contribution in [2.75, 3.05) is 5.75 Å². The molecule has 0 saturated heterocycles. The molecule has 0 aliphatic rings. The SMILES string of the molecule is CCCCCCCCCCSc1ccc(-c2ccc(O)cc2)cc1. The minimum atomic E-state index is 0.316. The minimum absolute atomic E-state index is 0.316. The maximum Gasteiger partial charge on any atom is 0.115 e. The van der Waals surface area contributed by atoms with E-state index in [-0.39, 0.29) is 0 Å². The van der Waals surface area contributed by atoms with Crippen molar-refractivity contribution in [1.29, 1.82) is 0 Å². The van der Waals surface area contributed by atoms with Gasteiger partial charge in [-0.1, -0.05) is 76.1 Å². The molecule has 2 aromatic rings. The van der Waals surface area contributed by atoms with E-state index in [0.29, 0.717) is 5.75 Å². The highest BCUT2D eigenvalue weighted by molar-refractivity contribution is 7.99. The lowest BCUT2D eigenvalue weighted by Gasteiger charge is -2.05. The summed E-state index contributed by atoms with van der Waals surface area (Å²) in [5, 5.41) is 9.36. The van der Waals surface area contributed by atoms with Gasteiger partial charge in [-0.25, -0.2) is 0 Å². The monoisotopic (exact) mass is 342 g/mol. The van der Waals surface area contributed by atoms with Crippen LogP contribution in [0.5, 0.6) is 5.75 Å². The van der Waals surface area contributed by atoms with E-state index in [4.69, 9.17) is 0 Å². The van der Waals surface area contributed by atoms with Crippen molar-refractivity contribution in [2.45, 2.75) is 63.2 Å². The summed E-state index contributed by atoms with van der Waals surface area (Å²) >= 11 is 1.96. The maximum absolute atomic E-state index is 9.36. The first-order valence-corrected chi connectivity index (χ1v) is 10.3. The van der Waals surface area contributed by atoms with Crippen LogP contribution in [0.3, 0.4) is 0 Å². The van der Waals surface area contributed by atoms with E-state index >= 15 is 0 Å². The molecule has 0 saturated carbocycles. The first-order valence-electron chi connectivity index (χ1n) is 9.32. The van der Waals surface area contributed by atoms with Gasteiger partial charge in [-0.3, -0.25) is 0 Å². The lowest BCUT2D eigenvalue weighted by Crippen LogP contribution is -1.84. The molecule has 0 amide bonds. The molecule has 0 spiro atoms. The Hall–Kier alpha value is -1.41. The molecule has 0 unspecified atom stereocenters. The Morgan fingerprint density at radius 1 is 0.667 bits per heavy atom. The minimum Gasteiger partial charge on any atom is -0.508 e. The zero-order valence-electron chi connectivity index (χ0n) is 14.8. The number of hydrogen-bond donors (Lipinski definition) is 1. The summed E-state index contributed by atoms with van der Waals surface area (Å²) in [7, 11) is 0. The number of hydrogen-bond acceptors (Lipinski definition) is 2. The van der Waals surface area contributed by atoms with E-state index in [9.17, 15) is 5.11 Å². The van der Waals surface area contributed by atoms with Crippen LogP contribution in [-0.4, -0.2) is 10.9 Å². The van der Waals surface area contributed by atoms with Crippen LogP contribution in [-0.2, 0) is 0 Å². The molecule has 0 atom stereocenters. The quantitative estimate of drug-likeness (QED) is 0.342. The van der Waals surface area contributed by atoms with Crippen LogP contribution in [0.2, 0.25) is 0 Å². The van der Waals surface area contributed by atoms with Crippen LogP contribution in [0, 0.1) is 0 Å². The zero-order chi connectivity index (χ0) is 17.0. The first-order chi connectivity index (χ1) is 11.8. The lowest BCUT2D eigenvalue weighted by atomic mass is 10.1. The third-order valence-corrected chi connectivity index (χ3v) is 5.42. The molecule has 2 aromatic carbocycles. The number of phenols is 1. The van der Waals surface area contributed by atoms with Gasteiger partial charge in [0, 0.05) is 4.90 Å². The van der Waals surface area contributed by atoms with Crippen molar-refractivity contribution >= 4 is 11.8 Å². The summed E-state index contributed by atoms with van der Waals surface area (Å²) in [5.41, 5.74) is 2.35. The highest BCUT2D eigenvalue weighted by Crippen LogP contribution is 2.26. The Labute approximate surface area is 151 Å². The molecule has 2 rings (SSSR count). The first kappa shape index (κ1) is 18.9. The maximum atomic E-state index is 9.36. The van der Waals surface area contributed by atoms with Gasteiger partial charge < -0.3 is 5.11 Å². The summed E-state index contributed by atoms with van der Waals surface area (Å²) in [6.45, 7) is 2.27. The van der Waals surface area contributed by atoms with Gasteiger partial charge in [-0.05, 0) is 47.6 Å². The second-order valence-corrected chi connectivity index (χ2v) is 7.56. The fraction of sp³-hybridized carbons (Fsp3) is 0.455. The average molecular weight is 343 g/mol. The predicted molar refractivity (Wildman–Crippen MR) is 107 cm³/mol. The van der Waals surface area contributed by atoms with E-state index in [2.05, 4.69) is 31.2 Å². The van der Waals surface area contributed by atoms with E-state index < -0.39 is 0 Å². The van der Waals surface area contributed by atoms with Gasteiger partial charge in [0.15, 0.2) is 0 Å². The van der Waals surface area contributed by atoms with Crippen LogP contribution in [0.4, 0.5) is 0 Å². The Morgan fingerprint density at radius 2 is 1.17 bits per heavy atom. The fourth-order valence-electron chi connectivity index (χ4n) is 2.82. The topological polar surface area (TPSA) is 20.2 Å². The summed E-state index contributed by atoms with van der Waals surface area (Å²) in [4.78, 5) is 1.35. The van der Waals surface area contributed by atoms with Crippen LogP contribution < -0.4 is 0 Å². The number of unbranched alkanes of at least 4 members (excludes halogenated alkanes) is 7. The largest absolute Gasteiger partial charge is 0.508 e. The molecule has 0 radical (unpaired) electrons. The number of thioether (sulfide) groups is 1. The van der Waals surface area contributed by atoms with Crippen LogP contribution in [0.25, 0.3) is 11.1 Å². The fourth-order valence-corrected chi connectivity index (χ4v) is 3.74. The van der Waals surface area contributed by atoms with Crippen molar-refractivity contribution in [3.8, 4) is 16.9 Å². The Balaban J connectivity index is 1.63. The molecule has 0 heterocycles. The van der Waals surface area contributed by atoms with Crippen molar-refractivity contribution in [3.05, 3.63) is 48.5 Å². The predicted octanol–water partition coefficient (Wildman–Crippen LogP) is 7.29. The Kier molecular flexibility index (Phi) is 8.83. The highest BCUT2D eigenvalue weighted by atomic mass is 32.2. The van der Waals surface area contributed by atoms with Crippen LogP contribution >= 0.6 is 11.8 Å². The molecule has 130 valence electrons. The van der Waals surface area contributed by atoms with Gasteiger partial charge in [-0.15, -0.1) is 11.8 Å². The van der Waals surface area contributed by atoms with Crippen LogP contribution in [0.15, 0.2) is 53.4 Å². The normalized spacial score (nSPS) is 10.9. The molecule has 0 aromatic heterocycles. The van der Waals surface area contributed by atoms with Crippen molar-refractivity contribution in [2.24, 2.45) is 0 Å². The molecule has 2 heteroatoms. The van der Waals surface area contributed by atoms with Crippen molar-refractivity contribution in [1.82, 2.24) is 0 Å². The third kappa shape index (κ3) is 7.00. The van der Waals surface area contributed by atoms with Gasteiger partial charge in [0.05, 0.1) is 0 Å². The molecule has 0 bridgehead atoms. The summed E-state index contributed by atoms with van der Waals surface area (Å²) in [6.07, 6.45) is 11.1. The van der Waals surface area contributed by atoms with Crippen LogP contribution in [0.1, 0.15) is 58.3 Å². The van der Waals surface area contributed by atoms with E-state index in [1.54, 1.807) is 12.1 Å². The number of aromatic hydroxyl groups is 1. The average Bonchev–Trinajstić information content (AvgIpc) is 2.62. The molecule has 24 heavy (non-hydrogen) atoms. The second kappa shape index (κ2) is 11.2. The van der Waals surface area contributed by atoms with Gasteiger partial charge in [-0.2, -0.15) is 0 Å². The third-order valence-electron chi connectivity index (χ3n) is 4.32. The standard InChI is InChI=1S/C22H30OS/c1-2-3-4-5-6-7-8-9-18-24-22-16-12-20(13-17-22)19-10-14-21(23)15-11-19/h10-17,23H,2-9,18H2,1H3. The zero-order valence-corrected chi connectivity index (χ0v) is 15.7. The van der Waals surface area contributed by atoms with Gasteiger partial charge in [0.25, 0.3) is 0 Å². The molecule has 0 aliphatic heterocycles. The highest BCUT2D eigenvalue weighted by Gasteiger charge is 1.99. The summed E-state index contributed by atoms with van der Waals surface area (Å²) < 4.78 is 0.